The molecule has 0 saturated heterocycles. The Bertz CT molecular complexity index is 851. The molecule has 1 atom stereocenters. The van der Waals surface area contributed by atoms with E-state index in [1.54, 1.807) is 31.2 Å². The van der Waals surface area contributed by atoms with Crippen LogP contribution in [0.15, 0.2) is 48.5 Å². The van der Waals surface area contributed by atoms with Gasteiger partial charge in [0, 0.05) is 5.56 Å². The van der Waals surface area contributed by atoms with E-state index < -0.39 is 29.6 Å². The Morgan fingerprint density at radius 1 is 1.10 bits per heavy atom. The number of hydrogen-bond acceptors (Lipinski definition) is 3. The predicted molar refractivity (Wildman–Crippen MR) is 107 cm³/mol. The minimum absolute atomic E-state index is 0.295. The van der Waals surface area contributed by atoms with E-state index in [4.69, 9.17) is 4.74 Å². The third kappa shape index (κ3) is 7.09. The van der Waals surface area contributed by atoms with Crippen molar-refractivity contribution in [3.8, 4) is 5.75 Å². The third-order valence-electron chi connectivity index (χ3n) is 4.38. The van der Waals surface area contributed by atoms with Gasteiger partial charge in [-0.2, -0.15) is 13.2 Å². The summed E-state index contributed by atoms with van der Waals surface area (Å²) in [5, 5.41) is 5.07. The summed E-state index contributed by atoms with van der Waals surface area (Å²) >= 11 is 0. The standard InChI is InChI=1S/C22H25F3N2O3/c1-3-4-12-30-19-10-8-16(9-11-19)21(29)26-14-20(28)27-15(2)17-6-5-7-18(13-17)22(23,24)25/h5-11,13,15H,3-4,12,14H2,1-2H3,(H,26,29)(H,27,28). The van der Waals surface area contributed by atoms with Gasteiger partial charge in [-0.05, 0) is 55.3 Å². The summed E-state index contributed by atoms with van der Waals surface area (Å²) in [4.78, 5) is 24.3. The highest BCUT2D eigenvalue weighted by molar-refractivity contribution is 5.96. The maximum absolute atomic E-state index is 12.8. The van der Waals surface area contributed by atoms with Gasteiger partial charge in [0.15, 0.2) is 0 Å². The fraction of sp³-hybridized carbons (Fsp3) is 0.364. The largest absolute Gasteiger partial charge is 0.494 e. The zero-order valence-corrected chi connectivity index (χ0v) is 16.9. The van der Waals surface area contributed by atoms with Crippen molar-refractivity contribution in [3.05, 3.63) is 65.2 Å². The van der Waals surface area contributed by atoms with Gasteiger partial charge in [-0.25, -0.2) is 0 Å². The first kappa shape index (κ1) is 23.3. The van der Waals surface area contributed by atoms with E-state index in [1.165, 1.54) is 12.1 Å². The van der Waals surface area contributed by atoms with E-state index in [2.05, 4.69) is 17.6 Å². The SMILES string of the molecule is CCCCOc1ccc(C(=O)NCC(=O)NC(C)c2cccc(C(F)(F)F)c2)cc1. The van der Waals surface area contributed by atoms with E-state index in [0.717, 1.165) is 25.0 Å². The van der Waals surface area contributed by atoms with Crippen LogP contribution in [0.3, 0.4) is 0 Å². The molecule has 2 rings (SSSR count). The van der Waals surface area contributed by atoms with E-state index >= 15 is 0 Å². The lowest BCUT2D eigenvalue weighted by atomic mass is 10.0. The average molecular weight is 422 g/mol. The van der Waals surface area contributed by atoms with Crippen LogP contribution < -0.4 is 15.4 Å². The van der Waals surface area contributed by atoms with E-state index in [-0.39, 0.29) is 6.54 Å². The number of rotatable bonds is 9. The third-order valence-corrected chi connectivity index (χ3v) is 4.38. The second kappa shape index (κ2) is 10.7. The Hall–Kier alpha value is -3.03. The molecule has 0 fully saturated rings. The van der Waals surface area contributed by atoms with Crippen molar-refractivity contribution in [3.63, 3.8) is 0 Å². The van der Waals surface area contributed by atoms with Gasteiger partial charge in [0.25, 0.3) is 5.91 Å². The molecule has 8 heteroatoms. The normalized spacial score (nSPS) is 12.2. The molecule has 0 aliphatic carbocycles. The summed E-state index contributed by atoms with van der Waals surface area (Å²) < 4.78 is 44.0. The Balaban J connectivity index is 1.84. The molecule has 0 bridgehead atoms. The van der Waals surface area contributed by atoms with Crippen molar-refractivity contribution in [1.82, 2.24) is 10.6 Å². The van der Waals surface area contributed by atoms with Gasteiger partial charge in [-0.15, -0.1) is 0 Å². The second-order valence-corrected chi connectivity index (χ2v) is 6.82. The average Bonchev–Trinajstić information content (AvgIpc) is 2.72. The van der Waals surface area contributed by atoms with Crippen molar-refractivity contribution in [1.29, 1.82) is 0 Å². The molecule has 162 valence electrons. The summed E-state index contributed by atoms with van der Waals surface area (Å²) in [6, 6.07) is 10.7. The number of nitrogens with one attached hydrogen (secondary N) is 2. The number of benzene rings is 2. The van der Waals surface area contributed by atoms with Gasteiger partial charge >= 0.3 is 6.18 Å². The summed E-state index contributed by atoms with van der Waals surface area (Å²) in [5.41, 5.74) is -0.0868. The Morgan fingerprint density at radius 2 is 1.80 bits per heavy atom. The monoisotopic (exact) mass is 422 g/mol. The lowest BCUT2D eigenvalue weighted by molar-refractivity contribution is -0.137. The fourth-order valence-corrected chi connectivity index (χ4v) is 2.66. The molecule has 0 radical (unpaired) electrons. The summed E-state index contributed by atoms with van der Waals surface area (Å²) in [5.74, 6) is -0.280. The molecule has 0 aromatic heterocycles. The Morgan fingerprint density at radius 3 is 2.43 bits per heavy atom. The smallest absolute Gasteiger partial charge is 0.416 e. The van der Waals surface area contributed by atoms with Gasteiger partial charge < -0.3 is 15.4 Å². The molecule has 0 aliphatic rings. The zero-order chi connectivity index (χ0) is 22.1. The summed E-state index contributed by atoms with van der Waals surface area (Å²) in [7, 11) is 0. The minimum Gasteiger partial charge on any atom is -0.494 e. The fourth-order valence-electron chi connectivity index (χ4n) is 2.66. The summed E-state index contributed by atoms with van der Waals surface area (Å²) in [6.07, 6.45) is -2.49. The van der Waals surface area contributed by atoms with Crippen LogP contribution in [0.25, 0.3) is 0 Å². The van der Waals surface area contributed by atoms with Crippen molar-refractivity contribution >= 4 is 11.8 Å². The molecular formula is C22H25F3N2O3. The molecule has 2 amide bonds. The maximum atomic E-state index is 12.8. The molecule has 2 N–H and O–H groups in total. The second-order valence-electron chi connectivity index (χ2n) is 6.82. The van der Waals surface area contributed by atoms with Crippen molar-refractivity contribution < 1.29 is 27.5 Å². The van der Waals surface area contributed by atoms with Crippen LogP contribution in [-0.2, 0) is 11.0 Å². The molecular weight excluding hydrogens is 397 g/mol. The Labute approximate surface area is 173 Å². The number of alkyl halides is 3. The van der Waals surface area contributed by atoms with E-state index in [9.17, 15) is 22.8 Å². The number of carbonyl (C=O) groups excluding carboxylic acids is 2. The molecule has 5 nitrogen and oxygen atoms in total. The molecule has 1 unspecified atom stereocenters. The lowest BCUT2D eigenvalue weighted by Crippen LogP contribution is -2.38. The number of carbonyl (C=O) groups is 2. The van der Waals surface area contributed by atoms with Crippen LogP contribution in [-0.4, -0.2) is 25.0 Å². The number of hydrogen-bond donors (Lipinski definition) is 2. The van der Waals surface area contributed by atoms with Crippen LogP contribution in [0.4, 0.5) is 13.2 Å². The van der Waals surface area contributed by atoms with Crippen LogP contribution >= 0.6 is 0 Å². The molecule has 2 aromatic carbocycles. The van der Waals surface area contributed by atoms with Gasteiger partial charge in [0.2, 0.25) is 5.91 Å². The van der Waals surface area contributed by atoms with Crippen LogP contribution in [0.2, 0.25) is 0 Å². The van der Waals surface area contributed by atoms with E-state index in [1.807, 2.05) is 0 Å². The summed E-state index contributed by atoms with van der Waals surface area (Å²) in [6.45, 7) is 3.95. The quantitative estimate of drug-likeness (QED) is 0.585. The van der Waals surface area contributed by atoms with E-state index in [0.29, 0.717) is 23.5 Å². The number of halogens is 3. The number of amides is 2. The molecule has 30 heavy (non-hydrogen) atoms. The highest BCUT2D eigenvalue weighted by Gasteiger charge is 2.30. The first-order valence-electron chi connectivity index (χ1n) is 9.68. The van der Waals surface area contributed by atoms with Crippen LogP contribution in [0.5, 0.6) is 5.75 Å². The number of ether oxygens (including phenoxy) is 1. The van der Waals surface area contributed by atoms with Crippen LogP contribution in [0.1, 0.15) is 54.2 Å². The zero-order valence-electron chi connectivity index (χ0n) is 16.9. The van der Waals surface area contributed by atoms with Crippen molar-refractivity contribution in [2.45, 2.75) is 38.9 Å². The first-order chi connectivity index (χ1) is 14.2. The number of unbranched alkanes of at least 4 members (excludes halogenated alkanes) is 1. The molecule has 0 spiro atoms. The first-order valence-corrected chi connectivity index (χ1v) is 9.68. The minimum atomic E-state index is -4.45. The molecule has 0 heterocycles. The molecule has 2 aromatic rings. The van der Waals surface area contributed by atoms with Gasteiger partial charge in [-0.3, -0.25) is 9.59 Å². The molecule has 0 saturated carbocycles. The van der Waals surface area contributed by atoms with Crippen molar-refractivity contribution in [2.75, 3.05) is 13.2 Å². The maximum Gasteiger partial charge on any atom is 0.416 e. The van der Waals surface area contributed by atoms with Crippen molar-refractivity contribution in [2.24, 2.45) is 0 Å². The van der Waals surface area contributed by atoms with Gasteiger partial charge in [0.05, 0.1) is 24.8 Å². The molecule has 0 aliphatic heterocycles. The van der Waals surface area contributed by atoms with Gasteiger partial charge in [-0.1, -0.05) is 25.5 Å². The highest BCUT2D eigenvalue weighted by atomic mass is 19.4. The highest BCUT2D eigenvalue weighted by Crippen LogP contribution is 2.30. The lowest BCUT2D eigenvalue weighted by Gasteiger charge is -2.16. The predicted octanol–water partition coefficient (Wildman–Crippen LogP) is 4.49. The van der Waals surface area contributed by atoms with Crippen LogP contribution in [0, 0.1) is 0 Å². The topological polar surface area (TPSA) is 67.4 Å². The Kier molecular flexibility index (Phi) is 8.26. The van der Waals surface area contributed by atoms with Gasteiger partial charge in [0.1, 0.15) is 5.75 Å².